The SMILES string of the molecule is Cc1ccc(C(=O)C2=C(Cl)CCCC2=O)c(C)c1. The van der Waals surface area contributed by atoms with E-state index in [0.717, 1.165) is 17.5 Å². The van der Waals surface area contributed by atoms with Crippen LogP contribution in [-0.2, 0) is 4.79 Å². The van der Waals surface area contributed by atoms with Crippen molar-refractivity contribution in [2.24, 2.45) is 0 Å². The Morgan fingerprint density at radius 2 is 1.94 bits per heavy atom. The van der Waals surface area contributed by atoms with E-state index >= 15 is 0 Å². The van der Waals surface area contributed by atoms with Crippen molar-refractivity contribution < 1.29 is 9.59 Å². The summed E-state index contributed by atoms with van der Waals surface area (Å²) in [6.45, 7) is 3.85. The number of aryl methyl sites for hydroxylation is 2. The Balaban J connectivity index is 2.45. The number of benzene rings is 1. The van der Waals surface area contributed by atoms with Gasteiger partial charge >= 0.3 is 0 Å². The molecule has 0 radical (unpaired) electrons. The van der Waals surface area contributed by atoms with Crippen molar-refractivity contribution in [1.82, 2.24) is 0 Å². The first-order valence-electron chi connectivity index (χ1n) is 6.04. The molecule has 1 aromatic carbocycles. The smallest absolute Gasteiger partial charge is 0.198 e. The fourth-order valence-corrected chi connectivity index (χ4v) is 2.58. The molecule has 1 aliphatic carbocycles. The molecule has 2 rings (SSSR count). The molecule has 1 aliphatic rings. The minimum Gasteiger partial charge on any atom is -0.294 e. The number of carbonyl (C=O) groups is 2. The lowest BCUT2D eigenvalue weighted by Crippen LogP contribution is -2.18. The molecular weight excluding hydrogens is 248 g/mol. The normalized spacial score (nSPS) is 16.1. The second-order valence-corrected chi connectivity index (χ2v) is 5.16. The first kappa shape index (κ1) is 13.0. The van der Waals surface area contributed by atoms with Gasteiger partial charge in [-0.05, 0) is 32.3 Å². The third kappa shape index (κ3) is 2.39. The Bertz CT molecular complexity index is 556. The summed E-state index contributed by atoms with van der Waals surface area (Å²) in [4.78, 5) is 24.2. The van der Waals surface area contributed by atoms with Gasteiger partial charge < -0.3 is 0 Å². The van der Waals surface area contributed by atoms with Crippen LogP contribution in [0.1, 0.15) is 40.7 Å². The van der Waals surface area contributed by atoms with Gasteiger partial charge in [0.25, 0.3) is 0 Å². The summed E-state index contributed by atoms with van der Waals surface area (Å²) >= 11 is 6.04. The first-order valence-corrected chi connectivity index (χ1v) is 6.42. The van der Waals surface area contributed by atoms with Crippen LogP contribution in [0.2, 0.25) is 0 Å². The van der Waals surface area contributed by atoms with Crippen molar-refractivity contribution >= 4 is 23.2 Å². The molecular formula is C15H15ClO2. The van der Waals surface area contributed by atoms with Gasteiger partial charge in [0, 0.05) is 17.0 Å². The third-order valence-electron chi connectivity index (χ3n) is 3.20. The molecule has 0 heterocycles. The lowest BCUT2D eigenvalue weighted by molar-refractivity contribution is -0.115. The zero-order valence-electron chi connectivity index (χ0n) is 10.5. The van der Waals surface area contributed by atoms with Gasteiger partial charge in [0.15, 0.2) is 11.6 Å². The second-order valence-electron chi connectivity index (χ2n) is 4.70. The van der Waals surface area contributed by atoms with Crippen molar-refractivity contribution in [3.8, 4) is 0 Å². The quantitative estimate of drug-likeness (QED) is 0.601. The highest BCUT2D eigenvalue weighted by Crippen LogP contribution is 2.28. The summed E-state index contributed by atoms with van der Waals surface area (Å²) in [6.07, 6.45) is 1.78. The molecule has 0 fully saturated rings. The molecule has 0 spiro atoms. The summed E-state index contributed by atoms with van der Waals surface area (Å²) < 4.78 is 0. The number of rotatable bonds is 2. The van der Waals surface area contributed by atoms with Gasteiger partial charge in [-0.1, -0.05) is 35.4 Å². The molecule has 2 nitrogen and oxygen atoms in total. The Kier molecular flexibility index (Phi) is 3.67. The summed E-state index contributed by atoms with van der Waals surface area (Å²) in [5.74, 6) is -0.363. The minimum atomic E-state index is -0.234. The zero-order valence-corrected chi connectivity index (χ0v) is 11.3. The van der Waals surface area contributed by atoms with Crippen molar-refractivity contribution in [1.29, 1.82) is 0 Å². The van der Waals surface area contributed by atoms with Gasteiger partial charge in [0.1, 0.15) is 0 Å². The number of halogens is 1. The minimum absolute atomic E-state index is 0.128. The highest BCUT2D eigenvalue weighted by molar-refractivity contribution is 6.39. The van der Waals surface area contributed by atoms with Crippen molar-refractivity contribution in [3.63, 3.8) is 0 Å². The average molecular weight is 263 g/mol. The molecule has 0 aliphatic heterocycles. The van der Waals surface area contributed by atoms with E-state index in [9.17, 15) is 9.59 Å². The monoisotopic (exact) mass is 262 g/mol. The highest BCUT2D eigenvalue weighted by atomic mass is 35.5. The molecule has 0 saturated carbocycles. The second kappa shape index (κ2) is 5.07. The molecule has 0 atom stereocenters. The number of allylic oxidation sites excluding steroid dienone is 2. The van der Waals surface area contributed by atoms with Crippen LogP contribution >= 0.6 is 11.6 Å². The largest absolute Gasteiger partial charge is 0.294 e. The topological polar surface area (TPSA) is 34.1 Å². The van der Waals surface area contributed by atoms with E-state index in [1.54, 1.807) is 6.07 Å². The molecule has 0 N–H and O–H groups in total. The number of hydrogen-bond acceptors (Lipinski definition) is 2. The number of Topliss-reactive ketones (excluding diaryl/α,β-unsaturated/α-hetero) is 2. The maximum atomic E-state index is 12.4. The van der Waals surface area contributed by atoms with E-state index in [1.165, 1.54) is 0 Å². The zero-order chi connectivity index (χ0) is 13.3. The average Bonchev–Trinajstić information content (AvgIpc) is 2.28. The van der Waals surface area contributed by atoms with E-state index in [0.29, 0.717) is 23.4 Å². The van der Waals surface area contributed by atoms with E-state index in [4.69, 9.17) is 11.6 Å². The van der Waals surface area contributed by atoms with E-state index in [-0.39, 0.29) is 17.1 Å². The van der Waals surface area contributed by atoms with E-state index in [2.05, 4.69) is 0 Å². The maximum Gasteiger partial charge on any atom is 0.198 e. The van der Waals surface area contributed by atoms with Gasteiger partial charge in [0.05, 0.1) is 5.57 Å². The number of carbonyl (C=O) groups excluding carboxylic acids is 2. The fourth-order valence-electron chi connectivity index (χ4n) is 2.26. The van der Waals surface area contributed by atoms with Crippen LogP contribution in [-0.4, -0.2) is 11.6 Å². The summed E-state index contributed by atoms with van der Waals surface area (Å²) in [5, 5.41) is 0.413. The van der Waals surface area contributed by atoms with Gasteiger partial charge in [-0.3, -0.25) is 9.59 Å². The molecule has 3 heteroatoms. The maximum absolute atomic E-state index is 12.4. The Hall–Kier alpha value is -1.41. The lowest BCUT2D eigenvalue weighted by Gasteiger charge is -2.15. The van der Waals surface area contributed by atoms with Crippen molar-refractivity contribution in [2.45, 2.75) is 33.1 Å². The van der Waals surface area contributed by atoms with Crippen molar-refractivity contribution in [2.75, 3.05) is 0 Å². The van der Waals surface area contributed by atoms with Crippen LogP contribution in [0, 0.1) is 13.8 Å². The van der Waals surface area contributed by atoms with Crippen LogP contribution in [0.15, 0.2) is 28.8 Å². The van der Waals surface area contributed by atoms with Gasteiger partial charge in [0.2, 0.25) is 0 Å². The van der Waals surface area contributed by atoms with Gasteiger partial charge in [-0.25, -0.2) is 0 Å². The van der Waals surface area contributed by atoms with Crippen LogP contribution < -0.4 is 0 Å². The predicted octanol–water partition coefficient (Wildman–Crippen LogP) is 3.73. The molecule has 94 valence electrons. The number of ketones is 2. The Morgan fingerprint density at radius 1 is 1.22 bits per heavy atom. The Labute approximate surface area is 112 Å². The number of hydrogen-bond donors (Lipinski definition) is 0. The predicted molar refractivity (Wildman–Crippen MR) is 72.0 cm³/mol. The standard InChI is InChI=1S/C15H15ClO2/c1-9-6-7-11(10(2)8-9)15(18)14-12(16)4-3-5-13(14)17/h6-8H,3-5H2,1-2H3. The van der Waals surface area contributed by atoms with E-state index in [1.807, 2.05) is 26.0 Å². The molecule has 0 unspecified atom stereocenters. The summed E-state index contributed by atoms with van der Waals surface area (Å²) in [5.41, 5.74) is 2.74. The lowest BCUT2D eigenvalue weighted by atomic mass is 9.89. The molecule has 0 aromatic heterocycles. The van der Waals surface area contributed by atoms with Crippen LogP contribution in [0.4, 0.5) is 0 Å². The summed E-state index contributed by atoms with van der Waals surface area (Å²) in [7, 11) is 0. The van der Waals surface area contributed by atoms with Gasteiger partial charge in [-0.15, -0.1) is 0 Å². The fraction of sp³-hybridized carbons (Fsp3) is 0.333. The van der Waals surface area contributed by atoms with E-state index < -0.39 is 0 Å². The molecule has 0 amide bonds. The summed E-state index contributed by atoms with van der Waals surface area (Å²) in [6, 6.07) is 5.59. The molecule has 0 saturated heterocycles. The molecule has 1 aromatic rings. The molecule has 0 bridgehead atoms. The molecule has 18 heavy (non-hydrogen) atoms. The third-order valence-corrected chi connectivity index (χ3v) is 3.58. The van der Waals surface area contributed by atoms with Crippen LogP contribution in [0.25, 0.3) is 0 Å². The Morgan fingerprint density at radius 3 is 2.56 bits per heavy atom. The van der Waals surface area contributed by atoms with Crippen LogP contribution in [0.3, 0.4) is 0 Å². The first-order chi connectivity index (χ1) is 8.50. The van der Waals surface area contributed by atoms with Crippen LogP contribution in [0.5, 0.6) is 0 Å². The highest BCUT2D eigenvalue weighted by Gasteiger charge is 2.27. The van der Waals surface area contributed by atoms with Gasteiger partial charge in [-0.2, -0.15) is 0 Å². The van der Waals surface area contributed by atoms with Crippen molar-refractivity contribution in [3.05, 3.63) is 45.5 Å².